The van der Waals surface area contributed by atoms with Crippen molar-refractivity contribution in [3.8, 4) is 0 Å². The van der Waals surface area contributed by atoms with Crippen molar-refractivity contribution in [2.45, 2.75) is 105 Å². The molecule has 1 heterocycles. The number of unbranched alkanes of at least 4 members (excludes halogenated alkanes) is 1. The number of aliphatic imine (C=N–C) groups is 1. The number of allylic oxidation sites excluding steroid dienone is 6. The molecule has 1 N–H and O–H groups in total. The molecule has 1 aromatic rings. The van der Waals surface area contributed by atoms with E-state index in [9.17, 15) is 0 Å². The van der Waals surface area contributed by atoms with E-state index in [1.807, 2.05) is 12.3 Å². The summed E-state index contributed by atoms with van der Waals surface area (Å²) >= 11 is 0. The van der Waals surface area contributed by atoms with Gasteiger partial charge in [-0.05, 0) is 88.2 Å². The summed E-state index contributed by atoms with van der Waals surface area (Å²) in [5, 5.41) is 3.46. The molecule has 0 fully saturated rings. The summed E-state index contributed by atoms with van der Waals surface area (Å²) in [6, 6.07) is 2.45. The molecule has 0 saturated carbocycles. The van der Waals surface area contributed by atoms with Gasteiger partial charge in [0.15, 0.2) is 11.6 Å². The number of nitrogens with zero attached hydrogens (tertiary/aromatic N) is 3. The second-order valence-corrected chi connectivity index (χ2v) is 11.8. The van der Waals surface area contributed by atoms with E-state index < -0.39 is 0 Å². The highest BCUT2D eigenvalue weighted by Crippen LogP contribution is 2.31. The lowest BCUT2D eigenvalue weighted by Crippen LogP contribution is -2.23. The second kappa shape index (κ2) is 16.0. The molecule has 4 unspecified atom stereocenters. The Kier molecular flexibility index (Phi) is 12.7. The summed E-state index contributed by atoms with van der Waals surface area (Å²) in [6.45, 7) is 15.2. The minimum Gasteiger partial charge on any atom is -0.498 e. The van der Waals surface area contributed by atoms with Gasteiger partial charge in [-0.3, -0.25) is 0 Å². The van der Waals surface area contributed by atoms with E-state index in [1.54, 1.807) is 0 Å². The van der Waals surface area contributed by atoms with Gasteiger partial charge in [0.2, 0.25) is 0 Å². The standard InChI is InChI=1S/C33H52N4O/c1-7-28-11-10-12-29(26(5)13-15-28)16-14-27(6)36-32-17-19-35-33(37-32)30-21-25(4)22-31(23-30)38-20-9-8-18-34-24(2)3/h13,15,17,19,21,23-26,28-29,34H,7-12,14,16,18,20,22H2,1-6H3. The monoisotopic (exact) mass is 520 g/mol. The highest BCUT2D eigenvalue weighted by molar-refractivity contribution is 5.84. The first-order valence-corrected chi connectivity index (χ1v) is 15.2. The fraction of sp³-hybridized carbons (Fsp3) is 0.667. The van der Waals surface area contributed by atoms with E-state index in [0.29, 0.717) is 17.9 Å². The normalized spacial score (nSPS) is 24.6. The van der Waals surface area contributed by atoms with Gasteiger partial charge in [-0.2, -0.15) is 0 Å². The van der Waals surface area contributed by atoms with Gasteiger partial charge in [0.1, 0.15) is 0 Å². The first-order valence-electron chi connectivity index (χ1n) is 15.2. The molecule has 210 valence electrons. The summed E-state index contributed by atoms with van der Waals surface area (Å²) in [5.74, 6) is 5.06. The molecular weight excluding hydrogens is 468 g/mol. The van der Waals surface area contributed by atoms with E-state index in [-0.39, 0.29) is 0 Å². The zero-order valence-corrected chi connectivity index (χ0v) is 24.9. The molecule has 3 rings (SSSR count). The van der Waals surface area contributed by atoms with Crippen molar-refractivity contribution < 1.29 is 4.74 Å². The van der Waals surface area contributed by atoms with Crippen LogP contribution in [-0.4, -0.2) is 34.9 Å². The Labute approximate surface area is 232 Å². The lowest BCUT2D eigenvalue weighted by molar-refractivity contribution is 0.190. The summed E-state index contributed by atoms with van der Waals surface area (Å²) in [6.07, 6.45) is 21.7. The van der Waals surface area contributed by atoms with Crippen LogP contribution in [0.25, 0.3) is 5.57 Å². The Hall–Kier alpha value is -2.27. The molecule has 0 saturated heterocycles. The van der Waals surface area contributed by atoms with Crippen LogP contribution in [0.2, 0.25) is 0 Å². The number of aromatic nitrogens is 2. The van der Waals surface area contributed by atoms with Crippen LogP contribution in [0, 0.1) is 23.7 Å². The van der Waals surface area contributed by atoms with Gasteiger partial charge < -0.3 is 10.1 Å². The maximum atomic E-state index is 6.14. The van der Waals surface area contributed by atoms with Crippen LogP contribution in [0.4, 0.5) is 5.82 Å². The average Bonchev–Trinajstić information content (AvgIpc) is 2.88. The molecule has 0 amide bonds. The van der Waals surface area contributed by atoms with Gasteiger partial charge in [0.05, 0.1) is 12.4 Å². The van der Waals surface area contributed by atoms with E-state index in [1.165, 1.54) is 32.1 Å². The highest BCUT2D eigenvalue weighted by Gasteiger charge is 2.19. The molecule has 38 heavy (non-hydrogen) atoms. The number of nitrogens with one attached hydrogen (secondary N) is 1. The zero-order chi connectivity index (χ0) is 27.3. The molecule has 1 aromatic heterocycles. The van der Waals surface area contributed by atoms with Crippen LogP contribution >= 0.6 is 0 Å². The Bertz CT molecular complexity index is 977. The fourth-order valence-corrected chi connectivity index (χ4v) is 5.46. The molecule has 4 atom stereocenters. The fourth-order valence-electron chi connectivity index (χ4n) is 5.46. The molecular formula is C33H52N4O. The van der Waals surface area contributed by atoms with Crippen LogP contribution in [0.3, 0.4) is 0 Å². The number of ether oxygens (including phenoxy) is 1. The third kappa shape index (κ3) is 10.5. The van der Waals surface area contributed by atoms with Crippen LogP contribution in [-0.2, 0) is 4.74 Å². The summed E-state index contributed by atoms with van der Waals surface area (Å²) in [5.41, 5.74) is 2.19. The van der Waals surface area contributed by atoms with Gasteiger partial charge in [0.25, 0.3) is 0 Å². The van der Waals surface area contributed by atoms with Crippen molar-refractivity contribution in [2.75, 3.05) is 13.2 Å². The van der Waals surface area contributed by atoms with Crippen LogP contribution < -0.4 is 5.32 Å². The molecule has 0 aliphatic heterocycles. The summed E-state index contributed by atoms with van der Waals surface area (Å²) < 4.78 is 6.14. The molecule has 2 aliphatic carbocycles. The lowest BCUT2D eigenvalue weighted by Gasteiger charge is -2.25. The molecule has 0 bridgehead atoms. The van der Waals surface area contributed by atoms with Crippen molar-refractivity contribution in [3.63, 3.8) is 0 Å². The maximum absolute atomic E-state index is 6.14. The molecule has 5 heteroatoms. The molecule has 0 spiro atoms. The van der Waals surface area contributed by atoms with Gasteiger partial charge in [-0.1, -0.05) is 59.3 Å². The number of hydrogen-bond acceptors (Lipinski definition) is 5. The third-order valence-corrected chi connectivity index (χ3v) is 7.90. The Morgan fingerprint density at radius 1 is 1.18 bits per heavy atom. The molecule has 2 aliphatic rings. The summed E-state index contributed by atoms with van der Waals surface area (Å²) in [7, 11) is 0. The van der Waals surface area contributed by atoms with E-state index in [0.717, 1.165) is 79.4 Å². The van der Waals surface area contributed by atoms with Gasteiger partial charge in [-0.25, -0.2) is 15.0 Å². The van der Waals surface area contributed by atoms with Crippen LogP contribution in [0.15, 0.2) is 47.3 Å². The van der Waals surface area contributed by atoms with Crippen molar-refractivity contribution in [3.05, 3.63) is 48.2 Å². The van der Waals surface area contributed by atoms with E-state index in [4.69, 9.17) is 14.7 Å². The van der Waals surface area contributed by atoms with Gasteiger partial charge >= 0.3 is 0 Å². The Morgan fingerprint density at radius 3 is 2.82 bits per heavy atom. The van der Waals surface area contributed by atoms with Crippen molar-refractivity contribution in [1.29, 1.82) is 0 Å². The van der Waals surface area contributed by atoms with E-state index in [2.05, 4.69) is 76.1 Å². The topological polar surface area (TPSA) is 59.4 Å². The molecule has 5 nitrogen and oxygen atoms in total. The van der Waals surface area contributed by atoms with Gasteiger partial charge in [0, 0.05) is 36.0 Å². The predicted octanol–water partition coefficient (Wildman–Crippen LogP) is 8.47. The largest absolute Gasteiger partial charge is 0.498 e. The average molecular weight is 521 g/mol. The lowest BCUT2D eigenvalue weighted by atomic mass is 9.80. The number of rotatable bonds is 13. The van der Waals surface area contributed by atoms with E-state index >= 15 is 0 Å². The molecule has 0 radical (unpaired) electrons. The minimum absolute atomic E-state index is 0.400. The number of hydrogen-bond donors (Lipinski definition) is 1. The molecule has 0 aromatic carbocycles. The van der Waals surface area contributed by atoms with Crippen LogP contribution in [0.1, 0.15) is 105 Å². The first-order chi connectivity index (χ1) is 18.3. The Morgan fingerprint density at radius 2 is 2.03 bits per heavy atom. The second-order valence-electron chi connectivity index (χ2n) is 11.8. The summed E-state index contributed by atoms with van der Waals surface area (Å²) in [4.78, 5) is 14.3. The third-order valence-electron chi connectivity index (χ3n) is 7.90. The zero-order valence-electron chi connectivity index (χ0n) is 24.9. The van der Waals surface area contributed by atoms with Crippen LogP contribution in [0.5, 0.6) is 0 Å². The van der Waals surface area contributed by atoms with Gasteiger partial charge in [-0.15, -0.1) is 0 Å². The first kappa shape index (κ1) is 30.3. The van der Waals surface area contributed by atoms with Crippen molar-refractivity contribution in [1.82, 2.24) is 15.3 Å². The Balaban J connectivity index is 1.56. The maximum Gasteiger partial charge on any atom is 0.161 e. The predicted molar refractivity (Wildman–Crippen MR) is 162 cm³/mol. The smallest absolute Gasteiger partial charge is 0.161 e. The minimum atomic E-state index is 0.400. The highest BCUT2D eigenvalue weighted by atomic mass is 16.5. The SMILES string of the molecule is CCC1C=CC(C)C(CCC(C)=Nc2ccnc(C3=CC(C)CC(OCCCCNC(C)C)=C3)n2)CCC1. The van der Waals surface area contributed by atoms with Crippen molar-refractivity contribution in [2.24, 2.45) is 28.7 Å². The quantitative estimate of drug-likeness (QED) is 0.161. The van der Waals surface area contributed by atoms with Crippen molar-refractivity contribution >= 4 is 17.1 Å².